The Morgan fingerprint density at radius 1 is 1.33 bits per heavy atom. The molecule has 0 spiro atoms. The highest BCUT2D eigenvalue weighted by molar-refractivity contribution is 6.32. The maximum absolute atomic E-state index is 12.6. The lowest BCUT2D eigenvalue weighted by Crippen LogP contribution is -2.40. The van der Waals surface area contributed by atoms with Gasteiger partial charge in [0, 0.05) is 24.1 Å². The van der Waals surface area contributed by atoms with Gasteiger partial charge in [-0.3, -0.25) is 9.78 Å². The average molecular weight is 388 g/mol. The summed E-state index contributed by atoms with van der Waals surface area (Å²) in [5, 5.41) is 3.34. The number of likely N-dealkylation sites (N-methyl/N-ethyl adjacent to an activating group) is 1. The minimum absolute atomic E-state index is 0.00928. The summed E-state index contributed by atoms with van der Waals surface area (Å²) in [7, 11) is 2.10. The number of hydrogen-bond acceptors (Lipinski definition) is 4. The summed E-state index contributed by atoms with van der Waals surface area (Å²) in [5.41, 5.74) is 3.39. The van der Waals surface area contributed by atoms with Crippen LogP contribution in [0.5, 0.6) is 5.75 Å². The van der Waals surface area contributed by atoms with E-state index in [0.29, 0.717) is 22.0 Å². The van der Waals surface area contributed by atoms with Crippen molar-refractivity contribution in [3.63, 3.8) is 0 Å². The van der Waals surface area contributed by atoms with Crippen molar-refractivity contribution < 1.29 is 9.53 Å². The normalized spacial score (nSPS) is 16.1. The number of hydrogen-bond donors (Lipinski definition) is 1. The third-order valence-electron chi connectivity index (χ3n) is 4.53. The maximum atomic E-state index is 12.6. The van der Waals surface area contributed by atoms with Gasteiger partial charge in [0.2, 0.25) is 0 Å². The SMILES string of the molecule is CC(C)Oc1ccc(C(=O)Nc2cnc3c(c2)CN(C)CC3(C)C)cc1Cl. The molecule has 144 valence electrons. The second kappa shape index (κ2) is 7.49. The molecule has 27 heavy (non-hydrogen) atoms. The zero-order valence-corrected chi connectivity index (χ0v) is 17.2. The highest BCUT2D eigenvalue weighted by Gasteiger charge is 2.31. The molecule has 3 rings (SSSR count). The Hall–Kier alpha value is -2.11. The molecule has 0 aliphatic carbocycles. The largest absolute Gasteiger partial charge is 0.489 e. The highest BCUT2D eigenvalue weighted by atomic mass is 35.5. The first-order valence-electron chi connectivity index (χ1n) is 9.11. The van der Waals surface area contributed by atoms with E-state index < -0.39 is 0 Å². The lowest BCUT2D eigenvalue weighted by atomic mass is 9.82. The molecule has 0 saturated heterocycles. The van der Waals surface area contributed by atoms with E-state index >= 15 is 0 Å². The van der Waals surface area contributed by atoms with Crippen LogP contribution in [0, 0.1) is 0 Å². The summed E-state index contributed by atoms with van der Waals surface area (Å²) in [6.45, 7) is 10.0. The Morgan fingerprint density at radius 3 is 2.74 bits per heavy atom. The van der Waals surface area contributed by atoms with Crippen LogP contribution in [0.15, 0.2) is 30.5 Å². The minimum Gasteiger partial charge on any atom is -0.489 e. The lowest BCUT2D eigenvalue weighted by Gasteiger charge is -2.37. The fraction of sp³-hybridized carbons (Fsp3) is 0.429. The predicted octanol–water partition coefficient (Wildman–Crippen LogP) is 4.50. The lowest BCUT2D eigenvalue weighted by molar-refractivity contribution is 0.102. The van der Waals surface area contributed by atoms with Crippen molar-refractivity contribution in [3.8, 4) is 5.75 Å². The van der Waals surface area contributed by atoms with E-state index in [4.69, 9.17) is 16.3 Å². The number of nitrogens with one attached hydrogen (secondary N) is 1. The van der Waals surface area contributed by atoms with Gasteiger partial charge in [0.05, 0.1) is 28.7 Å². The van der Waals surface area contributed by atoms with Gasteiger partial charge in [-0.1, -0.05) is 25.4 Å². The van der Waals surface area contributed by atoms with Crippen LogP contribution in [0.1, 0.15) is 49.3 Å². The molecular formula is C21H26ClN3O2. The van der Waals surface area contributed by atoms with E-state index in [1.165, 1.54) is 0 Å². The molecule has 6 heteroatoms. The van der Waals surface area contributed by atoms with Crippen LogP contribution in [-0.2, 0) is 12.0 Å². The summed E-state index contributed by atoms with van der Waals surface area (Å²) in [6.07, 6.45) is 1.74. The molecule has 0 radical (unpaired) electrons. The second-order valence-corrected chi connectivity index (χ2v) is 8.46. The standard InChI is InChI=1S/C21H26ClN3O2/c1-13(2)27-18-7-6-14(9-17(18)22)20(26)24-16-8-15-11-25(5)12-21(3,4)19(15)23-10-16/h6-10,13H,11-12H2,1-5H3,(H,24,26). The van der Waals surface area contributed by atoms with Gasteiger partial charge >= 0.3 is 0 Å². The Morgan fingerprint density at radius 2 is 2.07 bits per heavy atom. The Kier molecular flexibility index (Phi) is 5.45. The Labute approximate surface area is 165 Å². The van der Waals surface area contributed by atoms with Crippen molar-refractivity contribution in [2.75, 3.05) is 18.9 Å². The van der Waals surface area contributed by atoms with E-state index in [9.17, 15) is 4.79 Å². The molecule has 1 N–H and O–H groups in total. The first kappa shape index (κ1) is 19.6. The minimum atomic E-state index is -0.224. The monoisotopic (exact) mass is 387 g/mol. The van der Waals surface area contributed by atoms with Gasteiger partial charge in [-0.15, -0.1) is 0 Å². The van der Waals surface area contributed by atoms with Crippen LogP contribution in [0.4, 0.5) is 5.69 Å². The third kappa shape index (κ3) is 4.42. The van der Waals surface area contributed by atoms with E-state index in [1.54, 1.807) is 24.4 Å². The smallest absolute Gasteiger partial charge is 0.255 e. The molecular weight excluding hydrogens is 362 g/mol. The van der Waals surface area contributed by atoms with Crippen molar-refractivity contribution in [1.29, 1.82) is 0 Å². The number of ether oxygens (including phenoxy) is 1. The Balaban J connectivity index is 1.79. The summed E-state index contributed by atoms with van der Waals surface area (Å²) in [5.74, 6) is 0.349. The van der Waals surface area contributed by atoms with E-state index in [2.05, 4.69) is 36.1 Å². The molecule has 0 unspecified atom stereocenters. The molecule has 2 aromatic rings. The molecule has 1 aromatic heterocycles. The van der Waals surface area contributed by atoms with Crippen molar-refractivity contribution in [3.05, 3.63) is 52.3 Å². The molecule has 2 heterocycles. The fourth-order valence-electron chi connectivity index (χ4n) is 3.60. The van der Waals surface area contributed by atoms with Gasteiger partial charge in [0.1, 0.15) is 5.75 Å². The van der Waals surface area contributed by atoms with E-state index in [-0.39, 0.29) is 17.4 Å². The number of rotatable bonds is 4. The number of nitrogens with zero attached hydrogens (tertiary/aromatic N) is 2. The number of carbonyl (C=O) groups excluding carboxylic acids is 1. The first-order valence-corrected chi connectivity index (χ1v) is 9.49. The number of halogens is 1. The number of fused-ring (bicyclic) bond motifs is 1. The molecule has 0 saturated carbocycles. The molecule has 1 aromatic carbocycles. The predicted molar refractivity (Wildman–Crippen MR) is 109 cm³/mol. The Bertz CT molecular complexity index is 865. The van der Waals surface area contributed by atoms with Crippen LogP contribution < -0.4 is 10.1 Å². The van der Waals surface area contributed by atoms with Crippen molar-refractivity contribution in [2.24, 2.45) is 0 Å². The fourth-order valence-corrected chi connectivity index (χ4v) is 3.82. The zero-order chi connectivity index (χ0) is 19.8. The van der Waals surface area contributed by atoms with Gasteiger partial charge in [-0.2, -0.15) is 0 Å². The van der Waals surface area contributed by atoms with Crippen molar-refractivity contribution in [2.45, 2.75) is 45.8 Å². The van der Waals surface area contributed by atoms with Gasteiger partial charge in [-0.05, 0) is 50.7 Å². The highest BCUT2D eigenvalue weighted by Crippen LogP contribution is 2.32. The zero-order valence-electron chi connectivity index (χ0n) is 16.5. The molecule has 0 fully saturated rings. The van der Waals surface area contributed by atoms with Crippen LogP contribution in [0.2, 0.25) is 5.02 Å². The van der Waals surface area contributed by atoms with Gasteiger partial charge in [0.25, 0.3) is 5.91 Å². The number of benzene rings is 1. The van der Waals surface area contributed by atoms with Crippen LogP contribution in [0.25, 0.3) is 0 Å². The molecule has 1 aliphatic heterocycles. The van der Waals surface area contributed by atoms with Crippen LogP contribution in [0.3, 0.4) is 0 Å². The second-order valence-electron chi connectivity index (χ2n) is 8.05. The van der Waals surface area contributed by atoms with Crippen molar-refractivity contribution >= 4 is 23.2 Å². The van der Waals surface area contributed by atoms with Gasteiger partial charge in [0.15, 0.2) is 0 Å². The quantitative estimate of drug-likeness (QED) is 0.839. The van der Waals surface area contributed by atoms with Gasteiger partial charge < -0.3 is 15.0 Å². The number of aromatic nitrogens is 1. The van der Waals surface area contributed by atoms with Crippen LogP contribution >= 0.6 is 11.6 Å². The molecule has 1 aliphatic rings. The summed E-state index contributed by atoms with van der Waals surface area (Å²) >= 11 is 6.24. The number of pyridine rings is 1. The number of carbonyl (C=O) groups is 1. The third-order valence-corrected chi connectivity index (χ3v) is 4.82. The number of amides is 1. The topological polar surface area (TPSA) is 54.5 Å². The molecule has 1 amide bonds. The number of anilines is 1. The van der Waals surface area contributed by atoms with E-state index in [0.717, 1.165) is 24.3 Å². The van der Waals surface area contributed by atoms with Gasteiger partial charge in [-0.25, -0.2) is 0 Å². The molecule has 5 nitrogen and oxygen atoms in total. The molecule has 0 bridgehead atoms. The maximum Gasteiger partial charge on any atom is 0.255 e. The average Bonchev–Trinajstić information content (AvgIpc) is 2.55. The first-order chi connectivity index (χ1) is 12.7. The summed E-state index contributed by atoms with van der Waals surface area (Å²) in [4.78, 5) is 19.5. The molecule has 0 atom stereocenters. The summed E-state index contributed by atoms with van der Waals surface area (Å²) in [6, 6.07) is 7.06. The van der Waals surface area contributed by atoms with Crippen LogP contribution in [-0.4, -0.2) is 35.5 Å². The summed E-state index contributed by atoms with van der Waals surface area (Å²) < 4.78 is 5.61. The van der Waals surface area contributed by atoms with E-state index in [1.807, 2.05) is 19.9 Å². The van der Waals surface area contributed by atoms with Crippen molar-refractivity contribution in [1.82, 2.24) is 9.88 Å².